The number of fused-ring (bicyclic) bond motifs is 1. The highest BCUT2D eigenvalue weighted by Crippen LogP contribution is 2.57. The number of ether oxygens (including phenoxy) is 1. The van der Waals surface area contributed by atoms with Gasteiger partial charge >= 0.3 is 0 Å². The summed E-state index contributed by atoms with van der Waals surface area (Å²) < 4.78 is 7.11. The minimum Gasteiger partial charge on any atom is -0.494 e. The monoisotopic (exact) mass is 630 g/mol. The van der Waals surface area contributed by atoms with Crippen LogP contribution in [0.1, 0.15) is 60.5 Å². The van der Waals surface area contributed by atoms with Gasteiger partial charge in [-0.15, -0.1) is 16.9 Å². The molecule has 234 valence electrons. The molecule has 4 aromatic carbocycles. The van der Waals surface area contributed by atoms with E-state index >= 15 is 0 Å². The Balaban J connectivity index is 1.24. The molecular formula is C37H38N6O2S. The molecular weight excluding hydrogens is 593 g/mol. The van der Waals surface area contributed by atoms with E-state index in [9.17, 15) is 4.79 Å². The summed E-state index contributed by atoms with van der Waals surface area (Å²) in [5.41, 5.74) is 4.72. The Morgan fingerprint density at radius 2 is 1.54 bits per heavy atom. The van der Waals surface area contributed by atoms with E-state index in [0.717, 1.165) is 33.6 Å². The number of thioether (sulfide) groups is 1. The number of β-lactam (4-membered cyclic amide) rings is 1. The molecule has 3 heterocycles. The Morgan fingerprint density at radius 3 is 2.17 bits per heavy atom. The molecule has 0 radical (unpaired) electrons. The molecule has 46 heavy (non-hydrogen) atoms. The number of benzene rings is 4. The second-order valence-electron chi connectivity index (χ2n) is 12.5. The molecule has 1 N–H and O–H groups in total. The van der Waals surface area contributed by atoms with Gasteiger partial charge in [0, 0.05) is 4.75 Å². The average Bonchev–Trinajstić information content (AvgIpc) is 3.62. The van der Waals surface area contributed by atoms with Gasteiger partial charge in [0.05, 0.1) is 18.7 Å². The van der Waals surface area contributed by atoms with E-state index in [4.69, 9.17) is 4.74 Å². The third kappa shape index (κ3) is 5.17. The average molecular weight is 631 g/mol. The first-order chi connectivity index (χ1) is 22.3. The van der Waals surface area contributed by atoms with E-state index in [2.05, 4.69) is 114 Å². The molecule has 0 spiro atoms. The molecule has 0 bridgehead atoms. The largest absolute Gasteiger partial charge is 0.494 e. The van der Waals surface area contributed by atoms with Crippen LogP contribution in [0.5, 0.6) is 5.75 Å². The van der Waals surface area contributed by atoms with Gasteiger partial charge in [0.2, 0.25) is 5.91 Å². The summed E-state index contributed by atoms with van der Waals surface area (Å²) in [5.74, 6) is 1.57. The van der Waals surface area contributed by atoms with Crippen LogP contribution in [-0.2, 0) is 16.9 Å². The maximum atomic E-state index is 14.4. The number of hydrogen-bond donors (Lipinski definition) is 1. The number of hydrogen-bond acceptors (Lipinski definition) is 7. The highest BCUT2D eigenvalue weighted by molar-refractivity contribution is 8.01. The summed E-state index contributed by atoms with van der Waals surface area (Å²) in [7, 11) is 0. The Labute approximate surface area is 274 Å². The van der Waals surface area contributed by atoms with Gasteiger partial charge in [-0.1, -0.05) is 103 Å². The number of amides is 1. The molecule has 8 nitrogen and oxygen atoms in total. The van der Waals surface area contributed by atoms with Gasteiger partial charge < -0.3 is 9.64 Å². The third-order valence-electron chi connectivity index (χ3n) is 9.05. The molecule has 0 aliphatic carbocycles. The summed E-state index contributed by atoms with van der Waals surface area (Å²) in [6.45, 7) is 9.57. The molecule has 2 aliphatic heterocycles. The Hall–Kier alpha value is -4.47. The van der Waals surface area contributed by atoms with Crippen molar-refractivity contribution in [2.75, 3.05) is 6.61 Å². The maximum Gasteiger partial charge on any atom is 0.244 e. The molecule has 2 aliphatic rings. The van der Waals surface area contributed by atoms with Crippen molar-refractivity contribution in [2.45, 2.75) is 62.0 Å². The van der Waals surface area contributed by atoms with Crippen molar-refractivity contribution in [2.24, 2.45) is 0 Å². The molecule has 9 heteroatoms. The number of aryl methyl sites for hydroxylation is 1. The Morgan fingerprint density at radius 1 is 0.891 bits per heavy atom. The van der Waals surface area contributed by atoms with Gasteiger partial charge in [-0.2, -0.15) is 0 Å². The summed E-state index contributed by atoms with van der Waals surface area (Å²) in [5, 5.41) is 16.8. The minimum atomic E-state index is -0.751. The number of carbonyl (C=O) groups is 1. The molecule has 1 amide bonds. The highest BCUT2D eigenvalue weighted by atomic mass is 32.2. The number of nitrogens with zero attached hydrogens (tertiary/aromatic N) is 5. The van der Waals surface area contributed by atoms with E-state index < -0.39 is 11.6 Å². The molecule has 1 aromatic heterocycles. The zero-order valence-electron chi connectivity index (χ0n) is 26.5. The minimum absolute atomic E-state index is 0.0487. The van der Waals surface area contributed by atoms with Gasteiger partial charge in [0.25, 0.3) is 0 Å². The lowest BCUT2D eigenvalue weighted by atomic mass is 9.75. The molecule has 3 atom stereocenters. The van der Waals surface area contributed by atoms with E-state index in [1.807, 2.05) is 52.9 Å². The summed E-state index contributed by atoms with van der Waals surface area (Å²) in [6.07, 6.45) is 0. The molecule has 2 fully saturated rings. The fourth-order valence-corrected chi connectivity index (χ4v) is 8.58. The van der Waals surface area contributed by atoms with Crippen LogP contribution < -0.4 is 10.1 Å². The van der Waals surface area contributed by atoms with Crippen molar-refractivity contribution >= 4 is 17.7 Å². The van der Waals surface area contributed by atoms with Crippen LogP contribution in [0, 0.1) is 6.92 Å². The second kappa shape index (κ2) is 12.0. The number of tetrazole rings is 1. The van der Waals surface area contributed by atoms with Gasteiger partial charge in [0.15, 0.2) is 5.82 Å². The lowest BCUT2D eigenvalue weighted by molar-refractivity contribution is -0.150. The van der Waals surface area contributed by atoms with Crippen LogP contribution >= 0.6 is 11.8 Å². The normalized spacial score (nSPS) is 20.3. The smallest absolute Gasteiger partial charge is 0.244 e. The van der Waals surface area contributed by atoms with Crippen LogP contribution in [0.4, 0.5) is 0 Å². The van der Waals surface area contributed by atoms with Crippen LogP contribution in [0.25, 0.3) is 0 Å². The van der Waals surface area contributed by atoms with Gasteiger partial charge in [-0.3, -0.25) is 10.1 Å². The fraction of sp³-hybridized carbons (Fsp3) is 0.297. The van der Waals surface area contributed by atoms with E-state index in [1.54, 1.807) is 11.8 Å². The predicted octanol–water partition coefficient (Wildman–Crippen LogP) is 6.11. The second-order valence-corrected chi connectivity index (χ2v) is 14.3. The van der Waals surface area contributed by atoms with Crippen molar-refractivity contribution in [1.82, 2.24) is 30.4 Å². The van der Waals surface area contributed by atoms with E-state index in [0.29, 0.717) is 19.0 Å². The van der Waals surface area contributed by atoms with Crippen molar-refractivity contribution in [3.63, 3.8) is 0 Å². The van der Waals surface area contributed by atoms with Crippen LogP contribution in [-0.4, -0.2) is 53.8 Å². The lowest BCUT2D eigenvalue weighted by Crippen LogP contribution is -2.70. The number of rotatable bonds is 10. The summed E-state index contributed by atoms with van der Waals surface area (Å²) in [6, 6.07) is 36.7. The van der Waals surface area contributed by atoms with E-state index in [1.165, 1.54) is 0 Å². The zero-order chi connectivity index (χ0) is 31.9. The highest BCUT2D eigenvalue weighted by Gasteiger charge is 2.64. The van der Waals surface area contributed by atoms with Crippen LogP contribution in [0.2, 0.25) is 0 Å². The van der Waals surface area contributed by atoms with Crippen molar-refractivity contribution < 1.29 is 9.53 Å². The Kier molecular flexibility index (Phi) is 7.90. The standard InChI is InChI=1S/C37H38N6O2S/c1-5-45-30-21-19-26(20-22-30)24-42-33(39-40-41-42)32-36(3,4)46-35-31(34(44)43(32)35)38-37(27-14-8-6-9-15-27,28-16-10-7-11-17-28)29-18-12-13-25(2)23-29/h6-23,31-32,35,38H,5,24H2,1-4H3/t31?,32?,35-/m1/s1. The number of aromatic nitrogens is 4. The van der Waals surface area contributed by atoms with Crippen LogP contribution in [0.3, 0.4) is 0 Å². The first-order valence-corrected chi connectivity index (χ1v) is 16.6. The quantitative estimate of drug-likeness (QED) is 0.147. The topological polar surface area (TPSA) is 85.2 Å². The molecule has 0 saturated carbocycles. The Bertz CT molecular complexity index is 1790. The molecule has 2 saturated heterocycles. The third-order valence-corrected chi connectivity index (χ3v) is 10.6. The molecule has 2 unspecified atom stereocenters. The fourth-order valence-electron chi connectivity index (χ4n) is 6.95. The maximum absolute atomic E-state index is 14.4. The van der Waals surface area contributed by atoms with Crippen molar-refractivity contribution in [3.8, 4) is 5.75 Å². The lowest BCUT2D eigenvalue weighted by Gasteiger charge is -2.49. The SMILES string of the molecule is CCOc1ccc(Cn2nnnc2C2N3C(=O)C(NC(c4ccccc4)(c4ccccc4)c4cccc(C)c4)[C@H]3SC2(C)C)cc1. The predicted molar refractivity (Wildman–Crippen MR) is 180 cm³/mol. The molecule has 5 aromatic rings. The summed E-state index contributed by atoms with van der Waals surface area (Å²) in [4.78, 5) is 16.4. The first-order valence-electron chi connectivity index (χ1n) is 15.8. The van der Waals surface area contributed by atoms with Gasteiger partial charge in [0.1, 0.15) is 23.2 Å². The van der Waals surface area contributed by atoms with Crippen LogP contribution in [0.15, 0.2) is 109 Å². The summed E-state index contributed by atoms with van der Waals surface area (Å²) >= 11 is 1.80. The van der Waals surface area contributed by atoms with Gasteiger partial charge in [-0.25, -0.2) is 4.68 Å². The van der Waals surface area contributed by atoms with Crippen molar-refractivity contribution in [1.29, 1.82) is 0 Å². The molecule has 7 rings (SSSR count). The zero-order valence-corrected chi connectivity index (χ0v) is 27.3. The van der Waals surface area contributed by atoms with E-state index in [-0.39, 0.29) is 22.1 Å². The number of carbonyl (C=O) groups excluding carboxylic acids is 1. The van der Waals surface area contributed by atoms with Gasteiger partial charge in [-0.05, 0) is 72.5 Å². The number of nitrogens with one attached hydrogen (secondary N) is 1. The first kappa shape index (κ1) is 30.2. The van der Waals surface area contributed by atoms with Crippen molar-refractivity contribution in [3.05, 3.63) is 143 Å².